The molecule has 1 aliphatic carbocycles. The summed E-state index contributed by atoms with van der Waals surface area (Å²) < 4.78 is 16.0. The average Bonchev–Trinajstić information content (AvgIpc) is 2.62. The molecule has 2 rings (SSSR count). The first kappa shape index (κ1) is 19.9. The van der Waals surface area contributed by atoms with Gasteiger partial charge < -0.3 is 25.1 Å². The van der Waals surface area contributed by atoms with Crippen molar-refractivity contribution in [2.45, 2.75) is 44.3 Å². The predicted molar refractivity (Wildman–Crippen MR) is 99.0 cm³/mol. The van der Waals surface area contributed by atoms with Gasteiger partial charge in [-0.2, -0.15) is 0 Å². The van der Waals surface area contributed by atoms with Crippen LogP contribution >= 0.6 is 0 Å². The Morgan fingerprint density at radius 1 is 1.12 bits per heavy atom. The van der Waals surface area contributed by atoms with E-state index in [2.05, 4.69) is 12.2 Å². The minimum atomic E-state index is -0.983. The monoisotopic (exact) mass is 364 g/mol. The molecule has 0 bridgehead atoms. The summed E-state index contributed by atoms with van der Waals surface area (Å²) in [5.41, 5.74) is 7.05. The van der Waals surface area contributed by atoms with Crippen molar-refractivity contribution < 1.29 is 24.1 Å². The summed E-state index contributed by atoms with van der Waals surface area (Å²) in [4.78, 5) is 13.4. The first-order valence-electron chi connectivity index (χ1n) is 8.70. The molecule has 7 nitrogen and oxygen atoms in total. The second kappa shape index (κ2) is 9.33. The number of nitrogens with zero attached hydrogens (tertiary/aromatic N) is 1. The van der Waals surface area contributed by atoms with Gasteiger partial charge >= 0.3 is 6.09 Å². The van der Waals surface area contributed by atoms with Gasteiger partial charge in [0.25, 0.3) is 0 Å². The van der Waals surface area contributed by atoms with E-state index in [0.29, 0.717) is 23.7 Å². The number of ether oxygens (including phenoxy) is 3. The van der Waals surface area contributed by atoms with Crippen LogP contribution in [0.15, 0.2) is 24.3 Å². The molecule has 0 spiro atoms. The minimum absolute atomic E-state index is 0.196. The lowest BCUT2D eigenvalue weighted by Gasteiger charge is -2.34. The maximum atomic E-state index is 11.9. The van der Waals surface area contributed by atoms with Gasteiger partial charge in [-0.15, -0.1) is 0 Å². The molecule has 0 unspecified atom stereocenters. The van der Waals surface area contributed by atoms with E-state index in [4.69, 9.17) is 19.9 Å². The van der Waals surface area contributed by atoms with Crippen LogP contribution in [0.1, 0.15) is 31.2 Å². The molecule has 0 saturated heterocycles. The third kappa shape index (κ3) is 4.60. The number of nitrogens with two attached hydrogens (primary N) is 1. The van der Waals surface area contributed by atoms with Crippen LogP contribution in [0.5, 0.6) is 17.2 Å². The average molecular weight is 364 g/mol. The Labute approximate surface area is 154 Å². The number of benzene rings is 1. The van der Waals surface area contributed by atoms with Crippen molar-refractivity contribution >= 4 is 6.09 Å². The summed E-state index contributed by atoms with van der Waals surface area (Å²) >= 11 is 0. The van der Waals surface area contributed by atoms with E-state index >= 15 is 0 Å². The fourth-order valence-corrected chi connectivity index (χ4v) is 3.33. The summed E-state index contributed by atoms with van der Waals surface area (Å²) in [6, 6.07) is 3.10. The van der Waals surface area contributed by atoms with Crippen LogP contribution in [0.25, 0.3) is 0 Å². The number of methoxy groups -OCH3 is 3. The van der Waals surface area contributed by atoms with Crippen LogP contribution in [0.4, 0.5) is 4.79 Å². The minimum Gasteiger partial charge on any atom is -0.493 e. The Hall–Kier alpha value is -2.41. The molecule has 0 aliphatic heterocycles. The summed E-state index contributed by atoms with van der Waals surface area (Å²) in [5, 5.41) is 9.79. The van der Waals surface area contributed by atoms with Crippen molar-refractivity contribution in [1.82, 2.24) is 4.90 Å². The van der Waals surface area contributed by atoms with Gasteiger partial charge in [0.15, 0.2) is 11.5 Å². The second-order valence-electron chi connectivity index (χ2n) is 6.30. The highest BCUT2D eigenvalue weighted by atomic mass is 16.5. The molecule has 0 radical (unpaired) electrons. The van der Waals surface area contributed by atoms with E-state index in [-0.39, 0.29) is 18.6 Å². The van der Waals surface area contributed by atoms with Crippen molar-refractivity contribution in [2.24, 2.45) is 5.73 Å². The van der Waals surface area contributed by atoms with Gasteiger partial charge in [-0.1, -0.05) is 12.2 Å². The first-order valence-corrected chi connectivity index (χ1v) is 8.70. The van der Waals surface area contributed by atoms with Crippen molar-refractivity contribution in [3.8, 4) is 17.2 Å². The Bertz CT molecular complexity index is 622. The lowest BCUT2D eigenvalue weighted by Crippen LogP contribution is -2.49. The molecule has 26 heavy (non-hydrogen) atoms. The molecule has 0 saturated carbocycles. The smallest absolute Gasteiger partial charge is 0.407 e. The van der Waals surface area contributed by atoms with Crippen LogP contribution in [0, 0.1) is 0 Å². The van der Waals surface area contributed by atoms with Gasteiger partial charge in [0.2, 0.25) is 5.75 Å². The van der Waals surface area contributed by atoms with Gasteiger partial charge in [0.1, 0.15) is 0 Å². The van der Waals surface area contributed by atoms with Crippen LogP contribution in [0.3, 0.4) is 0 Å². The normalized spacial score (nSPS) is 21.2. The number of allylic oxidation sites excluding steroid dienone is 2. The molecular formula is C19H28N2O5. The van der Waals surface area contributed by atoms with Crippen LogP contribution in [-0.4, -0.2) is 49.5 Å². The molecule has 1 aliphatic rings. The molecule has 0 heterocycles. The summed E-state index contributed by atoms with van der Waals surface area (Å²) in [6.07, 6.45) is 6.38. The van der Waals surface area contributed by atoms with Crippen molar-refractivity contribution in [1.29, 1.82) is 0 Å². The number of carbonyl (C=O) groups is 1. The third-order valence-corrected chi connectivity index (χ3v) is 4.68. The second-order valence-corrected chi connectivity index (χ2v) is 6.30. The fourth-order valence-electron chi connectivity index (χ4n) is 3.33. The fraction of sp³-hybridized carbons (Fsp3) is 0.526. The highest BCUT2D eigenvalue weighted by molar-refractivity contribution is 5.66. The SMILES string of the molecule is COc1cc(CN(C(=O)O)[C@H]2CC/C=C/CC[C@@H]2N)cc(OC)c1OC. The molecule has 1 amide bonds. The number of amides is 1. The summed E-state index contributed by atoms with van der Waals surface area (Å²) in [5.74, 6) is 1.47. The van der Waals surface area contributed by atoms with Crippen molar-refractivity contribution in [2.75, 3.05) is 21.3 Å². The Kier molecular flexibility index (Phi) is 7.15. The zero-order valence-corrected chi connectivity index (χ0v) is 15.6. The molecule has 1 aromatic carbocycles. The lowest BCUT2D eigenvalue weighted by molar-refractivity contribution is 0.107. The zero-order chi connectivity index (χ0) is 19.1. The molecule has 0 aromatic heterocycles. The third-order valence-electron chi connectivity index (χ3n) is 4.68. The molecule has 144 valence electrons. The van der Waals surface area contributed by atoms with Gasteiger partial charge in [-0.05, 0) is 43.4 Å². The molecule has 2 atom stereocenters. The molecule has 0 fully saturated rings. The summed E-state index contributed by atoms with van der Waals surface area (Å²) in [6.45, 7) is 0.203. The number of carboxylic acid groups (broad SMARTS) is 1. The predicted octanol–water partition coefficient (Wildman–Crippen LogP) is 3.02. The molecule has 1 aromatic rings. The maximum Gasteiger partial charge on any atom is 0.407 e. The highest BCUT2D eigenvalue weighted by Crippen LogP contribution is 2.38. The Morgan fingerprint density at radius 3 is 2.19 bits per heavy atom. The van der Waals surface area contributed by atoms with E-state index < -0.39 is 6.09 Å². The standard InChI is InChI=1S/C19H28N2O5/c1-24-16-10-13(11-17(25-2)18(16)26-3)12-21(19(22)23)15-9-7-5-4-6-8-14(15)20/h4-5,10-11,14-15H,6-9,12,20H2,1-3H3,(H,22,23)/b5-4+/t14-,15-/m0/s1. The van der Waals surface area contributed by atoms with Crippen molar-refractivity contribution in [3.05, 3.63) is 29.8 Å². The van der Waals surface area contributed by atoms with Crippen LogP contribution in [-0.2, 0) is 6.54 Å². The largest absolute Gasteiger partial charge is 0.493 e. The number of hydrogen-bond donors (Lipinski definition) is 2. The van der Waals surface area contributed by atoms with Crippen molar-refractivity contribution in [3.63, 3.8) is 0 Å². The van der Waals surface area contributed by atoms with Gasteiger partial charge in [0, 0.05) is 12.6 Å². The number of hydrogen-bond acceptors (Lipinski definition) is 5. The highest BCUT2D eigenvalue weighted by Gasteiger charge is 2.29. The lowest BCUT2D eigenvalue weighted by atomic mass is 9.94. The van der Waals surface area contributed by atoms with Gasteiger partial charge in [-0.3, -0.25) is 4.90 Å². The molecule has 3 N–H and O–H groups in total. The van der Waals surface area contributed by atoms with E-state index in [1.165, 1.54) is 26.2 Å². The zero-order valence-electron chi connectivity index (χ0n) is 15.6. The van der Waals surface area contributed by atoms with E-state index in [0.717, 1.165) is 24.8 Å². The Morgan fingerprint density at radius 2 is 1.69 bits per heavy atom. The van der Waals surface area contributed by atoms with Crippen LogP contribution < -0.4 is 19.9 Å². The Balaban J connectivity index is 2.32. The quantitative estimate of drug-likeness (QED) is 0.754. The van der Waals surface area contributed by atoms with E-state index in [9.17, 15) is 9.90 Å². The first-order chi connectivity index (χ1) is 12.5. The maximum absolute atomic E-state index is 11.9. The topological polar surface area (TPSA) is 94.2 Å². The van der Waals surface area contributed by atoms with E-state index in [1.54, 1.807) is 12.1 Å². The van der Waals surface area contributed by atoms with Crippen LogP contribution in [0.2, 0.25) is 0 Å². The molecule has 7 heteroatoms. The molecular weight excluding hydrogens is 336 g/mol. The number of rotatable bonds is 6. The van der Waals surface area contributed by atoms with Gasteiger partial charge in [0.05, 0.1) is 27.4 Å². The summed E-state index contributed by atoms with van der Waals surface area (Å²) in [7, 11) is 4.60. The van der Waals surface area contributed by atoms with Gasteiger partial charge in [-0.25, -0.2) is 4.79 Å². The van der Waals surface area contributed by atoms with E-state index in [1.807, 2.05) is 0 Å².